The molecule has 2 rings (SSSR count). The Hall–Kier alpha value is -2.01. The summed E-state index contributed by atoms with van der Waals surface area (Å²) in [5.74, 6) is 1.12. The Morgan fingerprint density at radius 3 is 2.48 bits per heavy atom. The summed E-state index contributed by atoms with van der Waals surface area (Å²) in [5, 5.41) is 2.85. The van der Waals surface area contributed by atoms with E-state index in [1.54, 1.807) is 32.4 Å². The van der Waals surface area contributed by atoms with Crippen LogP contribution in [0.25, 0.3) is 0 Å². The lowest BCUT2D eigenvalue weighted by atomic mass is 10.1. The largest absolute Gasteiger partial charge is 0.493 e. The Morgan fingerprint density at radius 2 is 1.81 bits per heavy atom. The predicted octanol–water partition coefficient (Wildman–Crippen LogP) is 3.65. The average Bonchev–Trinajstić information content (AvgIpc) is 2.49. The van der Waals surface area contributed by atoms with Crippen LogP contribution in [0.1, 0.15) is 5.56 Å². The standard InChI is InChI=1S/C16H16BrNO3/c1-20-14-8-7-12(10-15(14)21-2)18-16(19)9-11-5-3-4-6-13(11)17/h3-8,10H,9H2,1-2H3,(H,18,19). The maximum absolute atomic E-state index is 12.1. The van der Waals surface area contributed by atoms with Crippen molar-refractivity contribution in [3.05, 3.63) is 52.5 Å². The van der Waals surface area contributed by atoms with Gasteiger partial charge in [0.15, 0.2) is 11.5 Å². The molecule has 0 aliphatic rings. The first kappa shape index (κ1) is 15.4. The Labute approximate surface area is 132 Å². The van der Waals surface area contributed by atoms with Crippen LogP contribution in [0.4, 0.5) is 5.69 Å². The smallest absolute Gasteiger partial charge is 0.228 e. The molecule has 0 aromatic heterocycles. The lowest BCUT2D eigenvalue weighted by molar-refractivity contribution is -0.115. The summed E-state index contributed by atoms with van der Waals surface area (Å²) in [6.07, 6.45) is 0.301. The molecule has 0 radical (unpaired) electrons. The summed E-state index contributed by atoms with van der Waals surface area (Å²) >= 11 is 3.44. The number of nitrogens with one attached hydrogen (secondary N) is 1. The Morgan fingerprint density at radius 1 is 1.10 bits per heavy atom. The number of anilines is 1. The Bertz CT molecular complexity index is 643. The molecule has 4 nitrogen and oxygen atoms in total. The van der Waals surface area contributed by atoms with Gasteiger partial charge in [-0.15, -0.1) is 0 Å². The zero-order valence-corrected chi connectivity index (χ0v) is 13.4. The highest BCUT2D eigenvalue weighted by atomic mass is 79.9. The first-order valence-corrected chi connectivity index (χ1v) is 7.18. The molecule has 21 heavy (non-hydrogen) atoms. The van der Waals surface area contributed by atoms with Crippen molar-refractivity contribution in [2.75, 3.05) is 19.5 Å². The van der Waals surface area contributed by atoms with Gasteiger partial charge in [-0.2, -0.15) is 0 Å². The van der Waals surface area contributed by atoms with E-state index < -0.39 is 0 Å². The molecule has 0 aliphatic heterocycles. The van der Waals surface area contributed by atoms with Gasteiger partial charge in [0.05, 0.1) is 20.6 Å². The third kappa shape index (κ3) is 3.98. The number of hydrogen-bond acceptors (Lipinski definition) is 3. The van der Waals surface area contributed by atoms with E-state index in [1.807, 2.05) is 24.3 Å². The molecule has 0 spiro atoms. The highest BCUT2D eigenvalue weighted by molar-refractivity contribution is 9.10. The summed E-state index contributed by atoms with van der Waals surface area (Å²) < 4.78 is 11.3. The SMILES string of the molecule is COc1ccc(NC(=O)Cc2ccccc2Br)cc1OC. The van der Waals surface area contributed by atoms with Crippen LogP contribution in [0.15, 0.2) is 46.9 Å². The van der Waals surface area contributed by atoms with Gasteiger partial charge >= 0.3 is 0 Å². The first-order chi connectivity index (χ1) is 10.1. The summed E-state index contributed by atoms with van der Waals surface area (Å²) in [7, 11) is 3.13. The second-order valence-corrected chi connectivity index (χ2v) is 5.24. The van der Waals surface area contributed by atoms with Crippen LogP contribution in [-0.2, 0) is 11.2 Å². The van der Waals surface area contributed by atoms with Gasteiger partial charge in [0, 0.05) is 16.2 Å². The maximum atomic E-state index is 12.1. The normalized spacial score (nSPS) is 10.0. The number of carbonyl (C=O) groups is 1. The lowest BCUT2D eigenvalue weighted by Crippen LogP contribution is -2.14. The number of ether oxygens (including phenoxy) is 2. The average molecular weight is 350 g/mol. The maximum Gasteiger partial charge on any atom is 0.228 e. The number of amides is 1. The molecule has 0 fully saturated rings. The highest BCUT2D eigenvalue weighted by Crippen LogP contribution is 2.29. The minimum Gasteiger partial charge on any atom is -0.493 e. The number of rotatable bonds is 5. The number of benzene rings is 2. The van der Waals surface area contributed by atoms with Crippen molar-refractivity contribution >= 4 is 27.5 Å². The van der Waals surface area contributed by atoms with Gasteiger partial charge in [0.2, 0.25) is 5.91 Å². The van der Waals surface area contributed by atoms with E-state index in [0.29, 0.717) is 23.6 Å². The van der Waals surface area contributed by atoms with Gasteiger partial charge in [-0.25, -0.2) is 0 Å². The van der Waals surface area contributed by atoms with E-state index >= 15 is 0 Å². The van der Waals surface area contributed by atoms with Gasteiger partial charge in [0.1, 0.15) is 0 Å². The van der Waals surface area contributed by atoms with Crippen molar-refractivity contribution < 1.29 is 14.3 Å². The molecule has 0 aliphatic carbocycles. The molecule has 2 aromatic carbocycles. The quantitative estimate of drug-likeness (QED) is 0.896. The molecule has 5 heteroatoms. The molecule has 0 bridgehead atoms. The zero-order valence-electron chi connectivity index (χ0n) is 11.9. The second-order valence-electron chi connectivity index (χ2n) is 4.39. The number of hydrogen-bond donors (Lipinski definition) is 1. The number of methoxy groups -OCH3 is 2. The van der Waals surface area contributed by atoms with Crippen LogP contribution >= 0.6 is 15.9 Å². The first-order valence-electron chi connectivity index (χ1n) is 6.39. The molecule has 0 saturated heterocycles. The van der Waals surface area contributed by atoms with Crippen molar-refractivity contribution in [1.82, 2.24) is 0 Å². The number of carbonyl (C=O) groups excluding carboxylic acids is 1. The van der Waals surface area contributed by atoms with Gasteiger partial charge in [0.25, 0.3) is 0 Å². The minimum absolute atomic E-state index is 0.0888. The molecule has 2 aromatic rings. The molecule has 0 atom stereocenters. The Balaban J connectivity index is 2.08. The summed E-state index contributed by atoms with van der Waals surface area (Å²) in [5.41, 5.74) is 1.61. The second kappa shape index (κ2) is 7.13. The van der Waals surface area contributed by atoms with Crippen molar-refractivity contribution in [3.63, 3.8) is 0 Å². The van der Waals surface area contributed by atoms with Crippen LogP contribution in [0.2, 0.25) is 0 Å². The highest BCUT2D eigenvalue weighted by Gasteiger charge is 2.09. The molecule has 1 N–H and O–H groups in total. The molecule has 110 valence electrons. The van der Waals surface area contributed by atoms with E-state index in [9.17, 15) is 4.79 Å². The molecular formula is C16H16BrNO3. The molecule has 0 saturated carbocycles. The van der Waals surface area contributed by atoms with Gasteiger partial charge in [-0.3, -0.25) is 4.79 Å². The fourth-order valence-corrected chi connectivity index (χ4v) is 2.36. The lowest BCUT2D eigenvalue weighted by Gasteiger charge is -2.11. The monoisotopic (exact) mass is 349 g/mol. The van der Waals surface area contributed by atoms with E-state index in [1.165, 1.54) is 0 Å². The number of halogens is 1. The third-order valence-corrected chi connectivity index (χ3v) is 3.75. The van der Waals surface area contributed by atoms with E-state index in [0.717, 1.165) is 10.0 Å². The predicted molar refractivity (Wildman–Crippen MR) is 86.0 cm³/mol. The van der Waals surface area contributed by atoms with Crippen LogP contribution in [0.5, 0.6) is 11.5 Å². The van der Waals surface area contributed by atoms with Crippen molar-refractivity contribution in [3.8, 4) is 11.5 Å². The van der Waals surface area contributed by atoms with Crippen molar-refractivity contribution in [2.24, 2.45) is 0 Å². The zero-order chi connectivity index (χ0) is 15.2. The molecule has 0 unspecified atom stereocenters. The summed E-state index contributed by atoms with van der Waals surface area (Å²) in [6, 6.07) is 12.9. The summed E-state index contributed by atoms with van der Waals surface area (Å²) in [6.45, 7) is 0. The van der Waals surface area contributed by atoms with Crippen LogP contribution in [-0.4, -0.2) is 20.1 Å². The van der Waals surface area contributed by atoms with Gasteiger partial charge in [-0.1, -0.05) is 34.1 Å². The fraction of sp³-hybridized carbons (Fsp3) is 0.188. The van der Waals surface area contributed by atoms with Crippen molar-refractivity contribution in [2.45, 2.75) is 6.42 Å². The fourth-order valence-electron chi connectivity index (χ4n) is 1.93. The molecule has 0 heterocycles. The third-order valence-electron chi connectivity index (χ3n) is 2.98. The van der Waals surface area contributed by atoms with Gasteiger partial charge < -0.3 is 14.8 Å². The van der Waals surface area contributed by atoms with Gasteiger partial charge in [-0.05, 0) is 23.8 Å². The van der Waals surface area contributed by atoms with E-state index in [-0.39, 0.29) is 5.91 Å². The Kier molecular flexibility index (Phi) is 5.22. The topological polar surface area (TPSA) is 47.6 Å². The summed E-state index contributed by atoms with van der Waals surface area (Å²) in [4.78, 5) is 12.1. The minimum atomic E-state index is -0.0888. The molecule has 1 amide bonds. The van der Waals surface area contributed by atoms with Crippen LogP contribution in [0.3, 0.4) is 0 Å². The van der Waals surface area contributed by atoms with Crippen LogP contribution < -0.4 is 14.8 Å². The molecular weight excluding hydrogens is 334 g/mol. The van der Waals surface area contributed by atoms with E-state index in [2.05, 4.69) is 21.2 Å². The van der Waals surface area contributed by atoms with Crippen LogP contribution in [0, 0.1) is 0 Å². The van der Waals surface area contributed by atoms with E-state index in [4.69, 9.17) is 9.47 Å². The van der Waals surface area contributed by atoms with Crippen molar-refractivity contribution in [1.29, 1.82) is 0 Å².